The van der Waals surface area contributed by atoms with E-state index in [0.29, 0.717) is 16.9 Å². The SMILES string of the molecule is Cn1cc(-c2cnc3ccc(NC(=O)c4cccnc4)nc3c2)cn1. The Labute approximate surface area is 143 Å². The average Bonchev–Trinajstić information content (AvgIpc) is 3.08. The van der Waals surface area contributed by atoms with E-state index >= 15 is 0 Å². The molecule has 0 spiro atoms. The van der Waals surface area contributed by atoms with Crippen LogP contribution in [0.4, 0.5) is 5.82 Å². The van der Waals surface area contributed by atoms with Gasteiger partial charge in [-0.3, -0.25) is 19.4 Å². The maximum atomic E-state index is 12.2. The van der Waals surface area contributed by atoms with E-state index in [1.165, 1.54) is 6.20 Å². The van der Waals surface area contributed by atoms with Gasteiger partial charge in [-0.25, -0.2) is 4.98 Å². The Balaban J connectivity index is 1.66. The Bertz CT molecular complexity index is 1060. The zero-order valence-corrected chi connectivity index (χ0v) is 13.4. The van der Waals surface area contributed by atoms with Gasteiger partial charge < -0.3 is 5.32 Å². The summed E-state index contributed by atoms with van der Waals surface area (Å²) in [7, 11) is 1.86. The van der Waals surface area contributed by atoms with Crippen LogP contribution in [0.3, 0.4) is 0 Å². The number of pyridine rings is 3. The van der Waals surface area contributed by atoms with Crippen LogP contribution in [0.15, 0.2) is 61.3 Å². The molecule has 1 N–H and O–H groups in total. The lowest BCUT2D eigenvalue weighted by Crippen LogP contribution is -2.13. The molecule has 25 heavy (non-hydrogen) atoms. The predicted octanol–water partition coefficient (Wildman–Crippen LogP) is 2.68. The summed E-state index contributed by atoms with van der Waals surface area (Å²) in [5.74, 6) is 0.211. The van der Waals surface area contributed by atoms with E-state index in [9.17, 15) is 4.79 Å². The summed E-state index contributed by atoms with van der Waals surface area (Å²) < 4.78 is 1.73. The van der Waals surface area contributed by atoms with E-state index in [1.807, 2.05) is 25.4 Å². The Morgan fingerprint density at radius 1 is 1.08 bits per heavy atom. The van der Waals surface area contributed by atoms with Gasteiger partial charge in [-0.2, -0.15) is 5.10 Å². The van der Waals surface area contributed by atoms with Crippen LogP contribution in [-0.4, -0.2) is 30.6 Å². The van der Waals surface area contributed by atoms with Crippen molar-refractivity contribution in [1.29, 1.82) is 0 Å². The first kappa shape index (κ1) is 14.9. The van der Waals surface area contributed by atoms with Crippen molar-refractivity contribution >= 4 is 22.8 Å². The number of nitrogens with one attached hydrogen (secondary N) is 1. The number of fused-ring (bicyclic) bond motifs is 1. The highest BCUT2D eigenvalue weighted by atomic mass is 16.1. The molecular formula is C18H14N6O. The highest BCUT2D eigenvalue weighted by Gasteiger charge is 2.09. The molecule has 1 amide bonds. The van der Waals surface area contributed by atoms with Crippen molar-refractivity contribution in [3.63, 3.8) is 0 Å². The number of carbonyl (C=O) groups excluding carboxylic acids is 1. The van der Waals surface area contributed by atoms with Gasteiger partial charge in [0.25, 0.3) is 5.91 Å². The second-order valence-corrected chi connectivity index (χ2v) is 5.56. The first-order chi connectivity index (χ1) is 12.2. The van der Waals surface area contributed by atoms with Crippen LogP contribution in [0.1, 0.15) is 10.4 Å². The fourth-order valence-electron chi connectivity index (χ4n) is 2.49. The molecule has 4 heterocycles. The van der Waals surface area contributed by atoms with Crippen LogP contribution in [-0.2, 0) is 7.05 Å². The number of aryl methyl sites for hydroxylation is 1. The van der Waals surface area contributed by atoms with Crippen LogP contribution in [0.5, 0.6) is 0 Å². The molecule has 122 valence electrons. The van der Waals surface area contributed by atoms with Crippen molar-refractivity contribution in [2.24, 2.45) is 7.05 Å². The third-order valence-electron chi connectivity index (χ3n) is 3.74. The Hall–Kier alpha value is -3.61. The van der Waals surface area contributed by atoms with Gasteiger partial charge in [-0.05, 0) is 30.3 Å². The van der Waals surface area contributed by atoms with E-state index in [0.717, 1.165) is 16.6 Å². The molecule has 0 unspecified atom stereocenters. The Morgan fingerprint density at radius 2 is 2.00 bits per heavy atom. The fourth-order valence-corrected chi connectivity index (χ4v) is 2.49. The van der Waals surface area contributed by atoms with E-state index in [2.05, 4.69) is 25.4 Å². The highest BCUT2D eigenvalue weighted by Crippen LogP contribution is 2.22. The van der Waals surface area contributed by atoms with Gasteiger partial charge in [0, 0.05) is 43.0 Å². The van der Waals surface area contributed by atoms with Crippen molar-refractivity contribution in [2.45, 2.75) is 0 Å². The molecule has 0 bridgehead atoms. The summed E-state index contributed by atoms with van der Waals surface area (Å²) in [6, 6.07) is 8.90. The molecule has 0 aliphatic carbocycles. The molecule has 0 aromatic carbocycles. The normalized spacial score (nSPS) is 10.8. The van der Waals surface area contributed by atoms with E-state index in [4.69, 9.17) is 0 Å². The third kappa shape index (κ3) is 3.07. The molecule has 0 radical (unpaired) electrons. The van der Waals surface area contributed by atoms with Crippen LogP contribution in [0, 0.1) is 0 Å². The predicted molar refractivity (Wildman–Crippen MR) is 93.9 cm³/mol. The molecule has 0 saturated carbocycles. The largest absolute Gasteiger partial charge is 0.306 e. The zero-order valence-electron chi connectivity index (χ0n) is 13.4. The molecule has 0 fully saturated rings. The molecule has 7 heteroatoms. The van der Waals surface area contributed by atoms with Crippen molar-refractivity contribution in [3.8, 4) is 11.1 Å². The number of carbonyl (C=O) groups is 1. The topological polar surface area (TPSA) is 85.6 Å². The van der Waals surface area contributed by atoms with Gasteiger partial charge >= 0.3 is 0 Å². The summed E-state index contributed by atoms with van der Waals surface area (Å²) in [4.78, 5) is 25.1. The minimum Gasteiger partial charge on any atom is -0.306 e. The van der Waals surface area contributed by atoms with E-state index in [1.54, 1.807) is 41.5 Å². The molecule has 4 aromatic heterocycles. The summed E-state index contributed by atoms with van der Waals surface area (Å²) in [5, 5.41) is 6.95. The molecule has 0 aliphatic rings. The second-order valence-electron chi connectivity index (χ2n) is 5.56. The molecule has 0 saturated heterocycles. The Kier molecular flexibility index (Phi) is 3.66. The Morgan fingerprint density at radius 3 is 2.76 bits per heavy atom. The smallest absolute Gasteiger partial charge is 0.258 e. The van der Waals surface area contributed by atoms with Crippen LogP contribution in [0.25, 0.3) is 22.2 Å². The zero-order chi connectivity index (χ0) is 17.2. The van der Waals surface area contributed by atoms with E-state index in [-0.39, 0.29) is 5.91 Å². The second kappa shape index (κ2) is 6.12. The molecule has 0 aliphatic heterocycles. The van der Waals surface area contributed by atoms with Crippen LogP contribution in [0.2, 0.25) is 0 Å². The van der Waals surface area contributed by atoms with Gasteiger partial charge in [0.2, 0.25) is 0 Å². The number of aromatic nitrogens is 5. The quantitative estimate of drug-likeness (QED) is 0.624. The van der Waals surface area contributed by atoms with Gasteiger partial charge in [0.05, 0.1) is 22.8 Å². The van der Waals surface area contributed by atoms with Crippen molar-refractivity contribution in [1.82, 2.24) is 24.7 Å². The minimum atomic E-state index is -0.253. The number of hydrogen-bond donors (Lipinski definition) is 1. The molecule has 4 aromatic rings. The number of rotatable bonds is 3. The molecular weight excluding hydrogens is 316 g/mol. The van der Waals surface area contributed by atoms with Crippen molar-refractivity contribution in [3.05, 3.63) is 66.9 Å². The van der Waals surface area contributed by atoms with Crippen LogP contribution >= 0.6 is 0 Å². The maximum Gasteiger partial charge on any atom is 0.258 e. The van der Waals surface area contributed by atoms with Gasteiger partial charge in [0.15, 0.2) is 0 Å². The molecule has 0 atom stereocenters. The standard InChI is InChI=1S/C18H14N6O/c1-24-11-14(10-21-24)13-7-16-15(20-9-13)4-5-17(22-16)23-18(25)12-3-2-6-19-8-12/h2-11H,1H3,(H,22,23,25). The van der Waals surface area contributed by atoms with Crippen molar-refractivity contribution < 1.29 is 4.79 Å². The maximum absolute atomic E-state index is 12.2. The average molecular weight is 330 g/mol. The lowest BCUT2D eigenvalue weighted by atomic mass is 10.1. The number of anilines is 1. The third-order valence-corrected chi connectivity index (χ3v) is 3.74. The lowest BCUT2D eigenvalue weighted by Gasteiger charge is -2.06. The first-order valence-corrected chi connectivity index (χ1v) is 7.66. The summed E-state index contributed by atoms with van der Waals surface area (Å²) in [6.45, 7) is 0. The van der Waals surface area contributed by atoms with Crippen LogP contribution < -0.4 is 5.32 Å². The van der Waals surface area contributed by atoms with E-state index < -0.39 is 0 Å². The number of hydrogen-bond acceptors (Lipinski definition) is 5. The first-order valence-electron chi connectivity index (χ1n) is 7.66. The summed E-state index contributed by atoms with van der Waals surface area (Å²) >= 11 is 0. The number of amides is 1. The van der Waals surface area contributed by atoms with Gasteiger partial charge in [-0.15, -0.1) is 0 Å². The van der Waals surface area contributed by atoms with Gasteiger partial charge in [0.1, 0.15) is 5.82 Å². The highest BCUT2D eigenvalue weighted by molar-refractivity contribution is 6.03. The molecule has 7 nitrogen and oxygen atoms in total. The fraction of sp³-hybridized carbons (Fsp3) is 0.0556. The lowest BCUT2D eigenvalue weighted by molar-refractivity contribution is 0.102. The monoisotopic (exact) mass is 330 g/mol. The summed E-state index contributed by atoms with van der Waals surface area (Å²) in [5.41, 5.74) is 3.82. The molecule has 4 rings (SSSR count). The summed E-state index contributed by atoms with van der Waals surface area (Å²) in [6.07, 6.45) is 8.61. The number of nitrogens with zero attached hydrogens (tertiary/aromatic N) is 5. The van der Waals surface area contributed by atoms with Gasteiger partial charge in [-0.1, -0.05) is 0 Å². The minimum absolute atomic E-state index is 0.253. The van der Waals surface area contributed by atoms with Crippen molar-refractivity contribution in [2.75, 3.05) is 5.32 Å².